The maximum absolute atomic E-state index is 12.7. The van der Waals surface area contributed by atoms with Crippen molar-refractivity contribution in [1.29, 1.82) is 0 Å². The molecule has 1 unspecified atom stereocenters. The second kappa shape index (κ2) is 9.12. The summed E-state index contributed by atoms with van der Waals surface area (Å²) < 4.78 is 27.6. The average molecular weight is 441 g/mol. The number of amides is 1. The highest BCUT2D eigenvalue weighted by molar-refractivity contribution is 7.89. The number of thiophene rings is 1. The van der Waals surface area contributed by atoms with E-state index in [0.717, 1.165) is 24.1 Å². The van der Waals surface area contributed by atoms with Gasteiger partial charge in [-0.25, -0.2) is 13.1 Å². The fraction of sp³-hybridized carbons (Fsp3) is 0.261. The Bertz CT molecular complexity index is 1110. The Balaban J connectivity index is 1.39. The Morgan fingerprint density at radius 1 is 1.03 bits per heavy atom. The van der Waals surface area contributed by atoms with Crippen LogP contribution in [0.4, 0.5) is 0 Å². The molecule has 1 aliphatic rings. The van der Waals surface area contributed by atoms with Crippen LogP contribution in [0.2, 0.25) is 0 Å². The van der Waals surface area contributed by atoms with Crippen LogP contribution in [0.25, 0.3) is 0 Å². The quantitative estimate of drug-likeness (QED) is 0.581. The monoisotopic (exact) mass is 440 g/mol. The van der Waals surface area contributed by atoms with Gasteiger partial charge in [-0.1, -0.05) is 30.3 Å². The molecule has 2 aromatic carbocycles. The van der Waals surface area contributed by atoms with Crippen molar-refractivity contribution in [2.45, 2.75) is 36.6 Å². The predicted octanol–water partition coefficient (Wildman–Crippen LogP) is 4.08. The lowest BCUT2D eigenvalue weighted by Gasteiger charge is -2.26. The summed E-state index contributed by atoms with van der Waals surface area (Å²) in [5.74, 6) is -0.189. The third-order valence-corrected chi connectivity index (χ3v) is 7.76. The molecule has 4 rings (SSSR count). The van der Waals surface area contributed by atoms with Crippen molar-refractivity contribution in [3.63, 3.8) is 0 Å². The molecule has 0 saturated heterocycles. The smallest absolute Gasteiger partial charge is 0.251 e. The molecule has 0 spiro atoms. The number of nitrogens with one attached hydrogen (secondary N) is 2. The number of rotatable bonds is 7. The van der Waals surface area contributed by atoms with Gasteiger partial charge in [-0.3, -0.25) is 4.79 Å². The van der Waals surface area contributed by atoms with Gasteiger partial charge in [0.2, 0.25) is 10.0 Å². The Morgan fingerprint density at radius 3 is 2.60 bits per heavy atom. The van der Waals surface area contributed by atoms with Gasteiger partial charge in [0.25, 0.3) is 5.91 Å². The summed E-state index contributed by atoms with van der Waals surface area (Å²) >= 11 is 1.61. The third-order valence-electron chi connectivity index (χ3n) is 5.35. The van der Waals surface area contributed by atoms with Gasteiger partial charge in [0.15, 0.2) is 0 Å². The largest absolute Gasteiger partial charge is 0.345 e. The molecule has 7 heteroatoms. The first-order valence-electron chi connectivity index (χ1n) is 10.0. The molecule has 0 radical (unpaired) electrons. The van der Waals surface area contributed by atoms with Crippen LogP contribution in [0.15, 0.2) is 70.9 Å². The SMILES string of the molecule is O=C(NC1CCCc2ccccc21)c1ccc(S(=O)(=O)NCCc2cccs2)cc1. The van der Waals surface area contributed by atoms with Crippen LogP contribution in [-0.2, 0) is 22.9 Å². The van der Waals surface area contributed by atoms with Gasteiger partial charge >= 0.3 is 0 Å². The molecule has 1 amide bonds. The lowest BCUT2D eigenvalue weighted by molar-refractivity contribution is 0.0932. The fourth-order valence-corrected chi connectivity index (χ4v) is 5.52. The van der Waals surface area contributed by atoms with Crippen LogP contribution < -0.4 is 10.0 Å². The van der Waals surface area contributed by atoms with Crippen LogP contribution in [0.3, 0.4) is 0 Å². The lowest BCUT2D eigenvalue weighted by atomic mass is 9.87. The molecule has 0 bridgehead atoms. The molecule has 30 heavy (non-hydrogen) atoms. The number of fused-ring (bicyclic) bond motifs is 1. The van der Waals surface area contributed by atoms with Gasteiger partial charge in [-0.15, -0.1) is 11.3 Å². The molecule has 1 heterocycles. The molecule has 5 nitrogen and oxygen atoms in total. The first-order chi connectivity index (χ1) is 14.5. The summed E-state index contributed by atoms with van der Waals surface area (Å²) in [7, 11) is -3.60. The average Bonchev–Trinajstić information content (AvgIpc) is 3.27. The molecule has 1 aliphatic carbocycles. The molecule has 156 valence electrons. The fourth-order valence-electron chi connectivity index (χ4n) is 3.78. The number of carbonyl (C=O) groups excluding carboxylic acids is 1. The van der Waals surface area contributed by atoms with Crippen molar-refractivity contribution in [1.82, 2.24) is 10.0 Å². The highest BCUT2D eigenvalue weighted by atomic mass is 32.2. The van der Waals surface area contributed by atoms with Gasteiger partial charge in [-0.05, 0) is 72.5 Å². The van der Waals surface area contributed by atoms with Crippen molar-refractivity contribution in [3.8, 4) is 0 Å². The van der Waals surface area contributed by atoms with Gasteiger partial charge in [0, 0.05) is 17.0 Å². The highest BCUT2D eigenvalue weighted by Crippen LogP contribution is 2.29. The van der Waals surface area contributed by atoms with Crippen molar-refractivity contribution < 1.29 is 13.2 Å². The van der Waals surface area contributed by atoms with E-state index in [9.17, 15) is 13.2 Å². The molecule has 3 aromatic rings. The predicted molar refractivity (Wildman–Crippen MR) is 119 cm³/mol. The van der Waals surface area contributed by atoms with E-state index in [2.05, 4.69) is 22.2 Å². The van der Waals surface area contributed by atoms with E-state index < -0.39 is 10.0 Å². The molecule has 1 atom stereocenters. The number of sulfonamides is 1. The van der Waals surface area contributed by atoms with E-state index in [1.54, 1.807) is 23.5 Å². The number of carbonyl (C=O) groups is 1. The van der Waals surface area contributed by atoms with Crippen LogP contribution in [0, 0.1) is 0 Å². The van der Waals surface area contributed by atoms with E-state index in [0.29, 0.717) is 18.5 Å². The molecular weight excluding hydrogens is 416 g/mol. The van der Waals surface area contributed by atoms with Crippen LogP contribution in [-0.4, -0.2) is 20.9 Å². The second-order valence-electron chi connectivity index (χ2n) is 7.37. The lowest BCUT2D eigenvalue weighted by Crippen LogP contribution is -2.31. The zero-order valence-corrected chi connectivity index (χ0v) is 18.1. The summed E-state index contributed by atoms with van der Waals surface area (Å²) in [6, 6.07) is 18.2. The standard InChI is InChI=1S/C23H24N2O3S2/c26-23(25-22-9-3-6-17-5-1-2-8-21(17)22)18-10-12-20(13-11-18)30(27,28)24-15-14-19-7-4-16-29-19/h1-2,4-5,7-8,10-13,16,22,24H,3,6,9,14-15H2,(H,25,26). The topological polar surface area (TPSA) is 75.3 Å². The van der Waals surface area contributed by atoms with E-state index in [4.69, 9.17) is 0 Å². The molecule has 0 fully saturated rings. The van der Waals surface area contributed by atoms with Crippen LogP contribution in [0.1, 0.15) is 45.2 Å². The van der Waals surface area contributed by atoms with E-state index >= 15 is 0 Å². The van der Waals surface area contributed by atoms with Crippen LogP contribution in [0.5, 0.6) is 0 Å². The van der Waals surface area contributed by atoms with Crippen molar-refractivity contribution in [2.75, 3.05) is 6.54 Å². The first-order valence-corrected chi connectivity index (χ1v) is 12.4. The number of benzene rings is 2. The van der Waals surface area contributed by atoms with E-state index in [1.165, 1.54) is 23.3 Å². The summed E-state index contributed by atoms with van der Waals surface area (Å²) in [5.41, 5.74) is 2.91. The van der Waals surface area contributed by atoms with Gasteiger partial charge in [0.1, 0.15) is 0 Å². The van der Waals surface area contributed by atoms with Crippen molar-refractivity contribution in [3.05, 3.63) is 87.6 Å². The van der Waals surface area contributed by atoms with Gasteiger partial charge in [0.05, 0.1) is 10.9 Å². The Labute approximate surface area is 181 Å². The first kappa shape index (κ1) is 20.8. The zero-order chi connectivity index (χ0) is 21.0. The van der Waals surface area contributed by atoms with E-state index in [1.807, 2.05) is 29.6 Å². The number of hydrogen-bond donors (Lipinski definition) is 2. The zero-order valence-electron chi connectivity index (χ0n) is 16.5. The Hall–Kier alpha value is -2.48. The van der Waals surface area contributed by atoms with Gasteiger partial charge < -0.3 is 5.32 Å². The van der Waals surface area contributed by atoms with Crippen molar-refractivity contribution >= 4 is 27.3 Å². The van der Waals surface area contributed by atoms with Gasteiger partial charge in [-0.2, -0.15) is 0 Å². The number of hydrogen-bond acceptors (Lipinski definition) is 4. The Kier molecular flexibility index (Phi) is 6.32. The summed E-state index contributed by atoms with van der Waals surface area (Å²) in [4.78, 5) is 14.0. The minimum atomic E-state index is -3.60. The second-order valence-corrected chi connectivity index (χ2v) is 10.2. The Morgan fingerprint density at radius 2 is 1.83 bits per heavy atom. The van der Waals surface area contributed by atoms with E-state index in [-0.39, 0.29) is 16.8 Å². The third kappa shape index (κ3) is 4.80. The number of aryl methyl sites for hydroxylation is 1. The van der Waals surface area contributed by atoms with Crippen LogP contribution >= 0.6 is 11.3 Å². The molecular formula is C23H24N2O3S2. The summed E-state index contributed by atoms with van der Waals surface area (Å²) in [6.45, 7) is 0.339. The normalized spacial score (nSPS) is 16.1. The molecule has 1 aromatic heterocycles. The molecule has 2 N–H and O–H groups in total. The molecule has 0 aliphatic heterocycles. The molecule has 0 saturated carbocycles. The summed E-state index contributed by atoms with van der Waals surface area (Å²) in [6.07, 6.45) is 3.63. The highest BCUT2D eigenvalue weighted by Gasteiger charge is 2.22. The minimum absolute atomic E-state index is 0.00947. The summed E-state index contributed by atoms with van der Waals surface area (Å²) in [5, 5.41) is 5.07. The van der Waals surface area contributed by atoms with Crippen molar-refractivity contribution in [2.24, 2.45) is 0 Å². The minimum Gasteiger partial charge on any atom is -0.345 e. The maximum Gasteiger partial charge on any atom is 0.251 e. The maximum atomic E-state index is 12.7.